The van der Waals surface area contributed by atoms with Crippen LogP contribution in [0.15, 0.2) is 36.4 Å². The van der Waals surface area contributed by atoms with Crippen LogP contribution >= 0.6 is 19.8 Å². The predicted molar refractivity (Wildman–Crippen MR) is 62.8 cm³/mol. The van der Waals surface area contributed by atoms with Crippen LogP contribution in [0.5, 0.6) is 0 Å². The summed E-state index contributed by atoms with van der Waals surface area (Å²) in [7, 11) is 0. The molecule has 0 aliphatic heterocycles. The fourth-order valence-electron chi connectivity index (χ4n) is 1.43. The summed E-state index contributed by atoms with van der Waals surface area (Å²) in [5.74, 6) is 0. The van der Waals surface area contributed by atoms with Gasteiger partial charge < -0.3 is 0 Å². The third-order valence-electron chi connectivity index (χ3n) is 2.14. The number of aryl methyl sites for hydroxylation is 1. The van der Waals surface area contributed by atoms with Gasteiger partial charge in [0.15, 0.2) is 0 Å². The Morgan fingerprint density at radius 1 is 0.929 bits per heavy atom. The molecule has 0 fully saturated rings. The van der Waals surface area contributed by atoms with Crippen LogP contribution in [0, 0.1) is 10.5 Å². The molecule has 0 unspecified atom stereocenters. The van der Waals surface area contributed by atoms with Crippen LogP contribution in [0.2, 0.25) is 0 Å². The molecule has 0 radical (unpaired) electrons. The lowest BCUT2D eigenvalue weighted by atomic mass is 10.1. The first-order valence-electron chi connectivity index (χ1n) is 4.22. The van der Waals surface area contributed by atoms with E-state index in [1.165, 1.54) is 5.56 Å². The van der Waals surface area contributed by atoms with Crippen molar-refractivity contribution >= 4 is 30.6 Å². The summed E-state index contributed by atoms with van der Waals surface area (Å²) < 4.78 is 22.1. The van der Waals surface area contributed by atoms with Gasteiger partial charge >= 0.3 is 19.8 Å². The third-order valence-corrected chi connectivity index (χ3v) is 3.82. The molecular weight excluding hydrogens is 291 g/mol. The lowest BCUT2D eigenvalue weighted by Crippen LogP contribution is -1.77. The average Bonchev–Trinajstić information content (AvgIpc) is 2.16. The summed E-state index contributed by atoms with van der Waals surface area (Å²) in [5, 5.41) is 2.08. The molecule has 0 heterocycles. The fourth-order valence-corrected chi connectivity index (χ4v) is 2.50. The number of halogens is 1. The summed E-state index contributed by atoms with van der Waals surface area (Å²) in [4.78, 5) is 0. The third kappa shape index (κ3) is 1.77. The molecule has 3 heteroatoms. The fraction of sp³-hybridized carbons (Fsp3) is 0.0909. The molecule has 0 saturated heterocycles. The maximum Gasteiger partial charge on any atom is 0.340 e. The van der Waals surface area contributed by atoms with Crippen molar-refractivity contribution in [3.05, 3.63) is 45.5 Å². The minimum atomic E-state index is -3.31. The Balaban J connectivity index is 2.73. The molecule has 0 spiro atoms. The van der Waals surface area contributed by atoms with Crippen molar-refractivity contribution in [2.45, 2.75) is 6.92 Å². The zero-order chi connectivity index (χ0) is 10.1. The predicted octanol–water partition coefficient (Wildman–Crippen LogP) is 3.52. The minimum Gasteiger partial charge on any atom is -0.230 e. The zero-order valence-corrected chi connectivity index (χ0v) is 9.82. The Morgan fingerprint density at radius 3 is 2.29 bits per heavy atom. The first-order valence-corrected chi connectivity index (χ1v) is 7.06. The van der Waals surface area contributed by atoms with Gasteiger partial charge in [-0.2, -0.15) is 0 Å². The number of benzene rings is 2. The molecule has 0 aromatic heterocycles. The van der Waals surface area contributed by atoms with Gasteiger partial charge in [0, 0.05) is 0 Å². The van der Waals surface area contributed by atoms with Gasteiger partial charge in [-0.1, -0.05) is 29.8 Å². The molecule has 2 aromatic carbocycles. The molecule has 0 amide bonds. The summed E-state index contributed by atoms with van der Waals surface area (Å²) in [6.45, 7) is 2.02. The SMILES string of the molecule is Cc1ccc2cc(I(=O)=O)ccc2c1. The van der Waals surface area contributed by atoms with E-state index >= 15 is 0 Å². The highest BCUT2D eigenvalue weighted by Gasteiger charge is 2.00. The van der Waals surface area contributed by atoms with E-state index in [0.717, 1.165) is 10.8 Å². The number of hydrogen-bond donors (Lipinski definition) is 0. The van der Waals surface area contributed by atoms with E-state index in [4.69, 9.17) is 0 Å². The second-order valence-electron chi connectivity index (χ2n) is 3.21. The Labute approximate surface area is 89.1 Å². The molecule has 2 aromatic rings. The van der Waals surface area contributed by atoms with Gasteiger partial charge in [-0.15, -0.1) is 0 Å². The number of fused-ring (bicyclic) bond motifs is 1. The Morgan fingerprint density at radius 2 is 1.57 bits per heavy atom. The van der Waals surface area contributed by atoms with Crippen LogP contribution in [0.25, 0.3) is 10.8 Å². The van der Waals surface area contributed by atoms with E-state index in [1.807, 2.05) is 31.2 Å². The maximum absolute atomic E-state index is 10.8. The standard InChI is InChI=1S/C11H9IO2/c1-8-2-3-10-7-11(12(13)14)5-4-9(10)6-8/h2-7H,1H3. The van der Waals surface area contributed by atoms with Crippen molar-refractivity contribution in [2.75, 3.05) is 0 Å². The first-order chi connectivity index (χ1) is 6.66. The van der Waals surface area contributed by atoms with Gasteiger partial charge in [0.25, 0.3) is 0 Å². The highest BCUT2D eigenvalue weighted by molar-refractivity contribution is 14.2. The number of hydrogen-bond acceptors (Lipinski definition) is 2. The molecular formula is C11H9IO2. The van der Waals surface area contributed by atoms with Crippen molar-refractivity contribution in [3.8, 4) is 0 Å². The van der Waals surface area contributed by atoms with Crippen LogP contribution in [-0.2, 0) is 6.14 Å². The zero-order valence-electron chi connectivity index (χ0n) is 7.66. The van der Waals surface area contributed by atoms with Crippen LogP contribution < -0.4 is 0 Å². The Bertz CT molecular complexity index is 548. The van der Waals surface area contributed by atoms with Crippen LogP contribution in [0.4, 0.5) is 0 Å². The van der Waals surface area contributed by atoms with E-state index in [-0.39, 0.29) is 0 Å². The van der Waals surface area contributed by atoms with E-state index in [9.17, 15) is 6.14 Å². The monoisotopic (exact) mass is 300 g/mol. The smallest absolute Gasteiger partial charge is 0.230 e. The first kappa shape index (κ1) is 9.58. The van der Waals surface area contributed by atoms with Gasteiger partial charge in [0.1, 0.15) is 0 Å². The molecule has 0 N–H and O–H groups in total. The van der Waals surface area contributed by atoms with Gasteiger partial charge in [-0.3, -0.25) is 0 Å². The minimum absolute atomic E-state index is 0.463. The maximum atomic E-state index is 10.8. The van der Waals surface area contributed by atoms with Crippen LogP contribution in [0.1, 0.15) is 5.56 Å². The second-order valence-corrected chi connectivity index (χ2v) is 5.70. The van der Waals surface area contributed by atoms with Crippen LogP contribution in [-0.4, -0.2) is 0 Å². The van der Waals surface area contributed by atoms with Gasteiger partial charge in [-0.25, -0.2) is 6.14 Å². The van der Waals surface area contributed by atoms with Gasteiger partial charge in [-0.05, 0) is 29.8 Å². The lowest BCUT2D eigenvalue weighted by molar-refractivity contribution is 0.610. The highest BCUT2D eigenvalue weighted by atomic mass is 127. The molecule has 14 heavy (non-hydrogen) atoms. The molecule has 0 atom stereocenters. The van der Waals surface area contributed by atoms with Crippen molar-refractivity contribution in [1.82, 2.24) is 0 Å². The highest BCUT2D eigenvalue weighted by Crippen LogP contribution is 2.23. The average molecular weight is 300 g/mol. The Hall–Kier alpha value is -0.970. The van der Waals surface area contributed by atoms with Crippen molar-refractivity contribution < 1.29 is 6.14 Å². The Kier molecular flexibility index (Phi) is 2.50. The summed E-state index contributed by atoms with van der Waals surface area (Å²) >= 11 is -3.31. The van der Waals surface area contributed by atoms with Gasteiger partial charge in [0.05, 0.1) is 3.57 Å². The van der Waals surface area contributed by atoms with E-state index < -0.39 is 19.8 Å². The second kappa shape index (κ2) is 3.65. The number of rotatable bonds is 1. The van der Waals surface area contributed by atoms with E-state index in [2.05, 4.69) is 0 Å². The largest absolute Gasteiger partial charge is 0.340 e. The lowest BCUT2D eigenvalue weighted by Gasteiger charge is -1.99. The van der Waals surface area contributed by atoms with Gasteiger partial charge in [0.2, 0.25) is 0 Å². The molecule has 0 saturated carbocycles. The quantitative estimate of drug-likeness (QED) is 0.755. The molecule has 0 aliphatic carbocycles. The molecule has 0 aliphatic rings. The van der Waals surface area contributed by atoms with Crippen molar-refractivity contribution in [1.29, 1.82) is 0 Å². The normalized spacial score (nSPS) is 11.0. The molecule has 0 bridgehead atoms. The van der Waals surface area contributed by atoms with Crippen LogP contribution in [0.3, 0.4) is 0 Å². The van der Waals surface area contributed by atoms with E-state index in [1.54, 1.807) is 12.1 Å². The molecule has 72 valence electrons. The van der Waals surface area contributed by atoms with E-state index in [0.29, 0.717) is 3.57 Å². The molecule has 2 rings (SSSR count). The summed E-state index contributed by atoms with van der Waals surface area (Å²) in [6.07, 6.45) is 0. The molecule has 2 nitrogen and oxygen atoms in total. The topological polar surface area (TPSA) is 34.1 Å². The van der Waals surface area contributed by atoms with Crippen molar-refractivity contribution in [2.24, 2.45) is 0 Å². The summed E-state index contributed by atoms with van der Waals surface area (Å²) in [5.41, 5.74) is 1.19. The summed E-state index contributed by atoms with van der Waals surface area (Å²) in [6, 6.07) is 11.3. The van der Waals surface area contributed by atoms with Crippen molar-refractivity contribution in [3.63, 3.8) is 0 Å².